The summed E-state index contributed by atoms with van der Waals surface area (Å²) in [6, 6.07) is 9.15. The number of halogens is 3. The molecule has 0 unspecified atom stereocenters. The molecule has 4 rings (SSSR count). The van der Waals surface area contributed by atoms with Crippen LogP contribution in [-0.4, -0.2) is 30.3 Å². The van der Waals surface area contributed by atoms with Crippen molar-refractivity contribution in [3.63, 3.8) is 0 Å². The van der Waals surface area contributed by atoms with Crippen molar-refractivity contribution in [1.82, 2.24) is 23.9 Å². The van der Waals surface area contributed by atoms with Gasteiger partial charge in [0.1, 0.15) is 16.5 Å². The van der Waals surface area contributed by atoms with Gasteiger partial charge in [0.2, 0.25) is 0 Å². The number of nitrogens with zero attached hydrogens (tertiary/aromatic N) is 5. The van der Waals surface area contributed by atoms with E-state index in [0.29, 0.717) is 33.4 Å². The molecule has 0 aliphatic rings. The zero-order valence-electron chi connectivity index (χ0n) is 13.8. The molecule has 0 saturated carbocycles. The third-order valence-corrected chi connectivity index (χ3v) is 4.32. The van der Waals surface area contributed by atoms with Crippen LogP contribution in [0.25, 0.3) is 28.3 Å². The Balaban J connectivity index is 1.94. The zero-order chi connectivity index (χ0) is 18.3. The fourth-order valence-corrected chi connectivity index (χ4v) is 3.11. The molecule has 0 aliphatic heterocycles. The maximum Gasteiger partial charge on any atom is 0.256 e. The highest BCUT2D eigenvalue weighted by molar-refractivity contribution is 6.29. The number of fused-ring (bicyclic) bond motifs is 1. The van der Waals surface area contributed by atoms with E-state index in [2.05, 4.69) is 15.0 Å². The number of alkyl halides is 2. The third kappa shape index (κ3) is 2.94. The standard InChI is InChI=1S/C18H14ClF2N5/c1-11-3-2-4-13(24-11)17-18(25(10-23-17)9-15(20)21)12-5-6-16-22-7-14(19)26(16)8-12/h2-8,10,15H,9H2,1H3. The van der Waals surface area contributed by atoms with Crippen molar-refractivity contribution in [2.45, 2.75) is 19.9 Å². The molecule has 4 aromatic rings. The van der Waals surface area contributed by atoms with Crippen molar-refractivity contribution in [3.8, 4) is 22.6 Å². The van der Waals surface area contributed by atoms with E-state index in [9.17, 15) is 8.78 Å². The van der Waals surface area contributed by atoms with Gasteiger partial charge in [-0.05, 0) is 31.2 Å². The summed E-state index contributed by atoms with van der Waals surface area (Å²) < 4.78 is 29.3. The van der Waals surface area contributed by atoms with Crippen LogP contribution in [0, 0.1) is 6.92 Å². The lowest BCUT2D eigenvalue weighted by Gasteiger charge is -2.11. The van der Waals surface area contributed by atoms with Crippen molar-refractivity contribution >= 4 is 17.2 Å². The Hall–Kier alpha value is -2.80. The highest BCUT2D eigenvalue weighted by atomic mass is 35.5. The van der Waals surface area contributed by atoms with E-state index in [1.54, 1.807) is 22.9 Å². The van der Waals surface area contributed by atoms with Crippen molar-refractivity contribution in [3.05, 3.63) is 59.9 Å². The summed E-state index contributed by atoms with van der Waals surface area (Å²) in [5, 5.41) is 0.442. The molecular weight excluding hydrogens is 360 g/mol. The van der Waals surface area contributed by atoms with Crippen LogP contribution < -0.4 is 0 Å². The molecule has 0 fully saturated rings. The number of aromatic nitrogens is 5. The fourth-order valence-electron chi connectivity index (χ4n) is 2.93. The summed E-state index contributed by atoms with van der Waals surface area (Å²) in [7, 11) is 0. The first-order valence-electron chi connectivity index (χ1n) is 7.93. The highest BCUT2D eigenvalue weighted by Gasteiger charge is 2.19. The van der Waals surface area contributed by atoms with Gasteiger partial charge < -0.3 is 4.57 Å². The minimum atomic E-state index is -2.50. The Morgan fingerprint density at radius 1 is 1.15 bits per heavy atom. The molecule has 0 atom stereocenters. The van der Waals surface area contributed by atoms with Crippen molar-refractivity contribution in [2.24, 2.45) is 0 Å². The number of hydrogen-bond acceptors (Lipinski definition) is 3. The van der Waals surface area contributed by atoms with Gasteiger partial charge in [-0.2, -0.15) is 0 Å². The van der Waals surface area contributed by atoms with E-state index in [1.807, 2.05) is 31.2 Å². The van der Waals surface area contributed by atoms with Crippen LogP contribution in [0.1, 0.15) is 5.69 Å². The maximum atomic E-state index is 13.1. The second kappa shape index (κ2) is 6.49. The van der Waals surface area contributed by atoms with E-state index in [1.165, 1.54) is 10.9 Å². The van der Waals surface area contributed by atoms with Gasteiger partial charge in [-0.15, -0.1) is 0 Å². The maximum absolute atomic E-state index is 13.1. The van der Waals surface area contributed by atoms with Gasteiger partial charge >= 0.3 is 0 Å². The van der Waals surface area contributed by atoms with Crippen LogP contribution in [0.2, 0.25) is 5.15 Å². The average molecular weight is 374 g/mol. The molecular formula is C18H14ClF2N5. The van der Waals surface area contributed by atoms with Crippen LogP contribution >= 0.6 is 11.6 Å². The Kier molecular flexibility index (Phi) is 4.16. The predicted octanol–water partition coefficient (Wildman–Crippen LogP) is 4.49. The number of hydrogen-bond donors (Lipinski definition) is 0. The van der Waals surface area contributed by atoms with Gasteiger partial charge in [-0.3, -0.25) is 9.38 Å². The molecule has 26 heavy (non-hydrogen) atoms. The SMILES string of the molecule is Cc1cccc(-c2ncn(CC(F)F)c2-c2ccc3ncc(Cl)n3c2)n1. The second-order valence-electron chi connectivity index (χ2n) is 5.88. The van der Waals surface area contributed by atoms with Gasteiger partial charge in [0.15, 0.2) is 0 Å². The monoisotopic (exact) mass is 373 g/mol. The molecule has 0 spiro atoms. The molecule has 132 valence electrons. The van der Waals surface area contributed by atoms with Crippen molar-refractivity contribution in [2.75, 3.05) is 0 Å². The first-order chi connectivity index (χ1) is 12.5. The molecule has 4 aromatic heterocycles. The third-order valence-electron chi connectivity index (χ3n) is 4.04. The van der Waals surface area contributed by atoms with Crippen LogP contribution in [0.3, 0.4) is 0 Å². The predicted molar refractivity (Wildman–Crippen MR) is 95.4 cm³/mol. The molecule has 5 nitrogen and oxygen atoms in total. The lowest BCUT2D eigenvalue weighted by atomic mass is 10.1. The Labute approximate surface area is 152 Å². The molecule has 4 heterocycles. The highest BCUT2D eigenvalue weighted by Crippen LogP contribution is 2.31. The molecule has 8 heteroatoms. The van der Waals surface area contributed by atoms with Crippen LogP contribution in [0.4, 0.5) is 8.78 Å². The lowest BCUT2D eigenvalue weighted by Crippen LogP contribution is -2.07. The van der Waals surface area contributed by atoms with Gasteiger partial charge in [0, 0.05) is 17.5 Å². The second-order valence-corrected chi connectivity index (χ2v) is 6.26. The summed E-state index contributed by atoms with van der Waals surface area (Å²) in [6.07, 6.45) is 2.23. The number of aryl methyl sites for hydroxylation is 1. The number of pyridine rings is 2. The molecule has 0 radical (unpaired) electrons. The molecule has 0 aliphatic carbocycles. The zero-order valence-corrected chi connectivity index (χ0v) is 14.5. The number of imidazole rings is 2. The summed E-state index contributed by atoms with van der Waals surface area (Å²) in [5.41, 5.74) is 3.94. The van der Waals surface area contributed by atoms with Gasteiger partial charge in [0.25, 0.3) is 6.43 Å². The van der Waals surface area contributed by atoms with Gasteiger partial charge in [0.05, 0.1) is 30.5 Å². The van der Waals surface area contributed by atoms with E-state index < -0.39 is 13.0 Å². The fraction of sp³-hybridized carbons (Fsp3) is 0.167. The van der Waals surface area contributed by atoms with Crippen molar-refractivity contribution < 1.29 is 8.78 Å². The molecule has 0 saturated heterocycles. The number of rotatable bonds is 4. The van der Waals surface area contributed by atoms with Crippen LogP contribution in [0.15, 0.2) is 49.1 Å². The van der Waals surface area contributed by atoms with Gasteiger partial charge in [-0.1, -0.05) is 17.7 Å². The summed E-state index contributed by atoms with van der Waals surface area (Å²) in [5.74, 6) is 0. The average Bonchev–Trinajstić information content (AvgIpc) is 3.18. The van der Waals surface area contributed by atoms with E-state index in [4.69, 9.17) is 11.6 Å². The summed E-state index contributed by atoms with van der Waals surface area (Å²) in [4.78, 5) is 13.0. The smallest absolute Gasteiger partial charge is 0.256 e. The first-order valence-corrected chi connectivity index (χ1v) is 8.31. The van der Waals surface area contributed by atoms with E-state index in [-0.39, 0.29) is 0 Å². The minimum absolute atomic E-state index is 0.442. The largest absolute Gasteiger partial charge is 0.324 e. The van der Waals surface area contributed by atoms with E-state index in [0.717, 1.165) is 5.69 Å². The van der Waals surface area contributed by atoms with Crippen molar-refractivity contribution in [1.29, 1.82) is 0 Å². The molecule has 0 amide bonds. The first kappa shape index (κ1) is 16.7. The Bertz CT molecular complexity index is 1090. The normalized spacial score (nSPS) is 11.6. The van der Waals surface area contributed by atoms with Crippen LogP contribution in [0.5, 0.6) is 0 Å². The quantitative estimate of drug-likeness (QED) is 0.529. The molecule has 0 bridgehead atoms. The Morgan fingerprint density at radius 3 is 2.77 bits per heavy atom. The molecule has 0 aromatic carbocycles. The minimum Gasteiger partial charge on any atom is -0.324 e. The summed E-state index contributed by atoms with van der Waals surface area (Å²) in [6.45, 7) is 1.42. The van der Waals surface area contributed by atoms with E-state index >= 15 is 0 Å². The lowest BCUT2D eigenvalue weighted by molar-refractivity contribution is 0.127. The Morgan fingerprint density at radius 2 is 2.00 bits per heavy atom. The summed E-state index contributed by atoms with van der Waals surface area (Å²) >= 11 is 6.15. The topological polar surface area (TPSA) is 48.0 Å². The van der Waals surface area contributed by atoms with Crippen LogP contribution in [-0.2, 0) is 6.54 Å². The van der Waals surface area contributed by atoms with Gasteiger partial charge in [-0.25, -0.2) is 18.7 Å². The molecule has 0 N–H and O–H groups in total.